The number of non-ortho nitro benzene ring substituents is 1. The fraction of sp³-hybridized carbons (Fsp3) is 0.538. The van der Waals surface area contributed by atoms with Gasteiger partial charge in [0, 0.05) is 35.7 Å². The van der Waals surface area contributed by atoms with Crippen molar-refractivity contribution < 1.29 is 4.92 Å². The largest absolute Gasteiger partial charge is 0.381 e. The van der Waals surface area contributed by atoms with Gasteiger partial charge in [-0.1, -0.05) is 0 Å². The minimum atomic E-state index is -0.351. The van der Waals surface area contributed by atoms with Crippen molar-refractivity contribution in [1.29, 1.82) is 0 Å². The molecule has 0 radical (unpaired) electrons. The molecule has 6 heteroatoms. The predicted octanol–water partition coefficient (Wildman–Crippen LogP) is 2.86. The summed E-state index contributed by atoms with van der Waals surface area (Å²) in [5.74, 6) is 0.667. The summed E-state index contributed by atoms with van der Waals surface area (Å²) in [6.07, 6.45) is 2.34. The molecule has 3 rings (SSSR count). The van der Waals surface area contributed by atoms with Crippen molar-refractivity contribution in [2.24, 2.45) is 5.92 Å². The van der Waals surface area contributed by atoms with Crippen molar-refractivity contribution in [3.05, 3.63) is 32.8 Å². The van der Waals surface area contributed by atoms with E-state index < -0.39 is 0 Å². The lowest BCUT2D eigenvalue weighted by Crippen LogP contribution is -2.39. The Morgan fingerprint density at radius 3 is 2.95 bits per heavy atom. The number of piperidine rings is 1. The first-order valence-electron chi connectivity index (χ1n) is 6.56. The van der Waals surface area contributed by atoms with E-state index in [0.29, 0.717) is 12.0 Å². The molecular weight excluding hydrogens is 310 g/mol. The van der Waals surface area contributed by atoms with E-state index in [0.717, 1.165) is 29.7 Å². The number of hydrogen-bond acceptors (Lipinski definition) is 4. The molecule has 2 bridgehead atoms. The number of hydrogen-bond donors (Lipinski definition) is 1. The maximum atomic E-state index is 10.8. The Bertz CT molecular complexity index is 509. The molecule has 0 saturated carbocycles. The van der Waals surface area contributed by atoms with E-state index in [-0.39, 0.29) is 10.6 Å². The highest BCUT2D eigenvalue weighted by atomic mass is 79.9. The van der Waals surface area contributed by atoms with Crippen LogP contribution in [0.15, 0.2) is 22.7 Å². The third-order valence-corrected chi connectivity index (χ3v) is 4.83. The lowest BCUT2D eigenvalue weighted by molar-refractivity contribution is -0.384. The Labute approximate surface area is 120 Å². The molecule has 1 aromatic rings. The first-order valence-corrected chi connectivity index (χ1v) is 7.35. The van der Waals surface area contributed by atoms with Crippen molar-refractivity contribution in [3.8, 4) is 0 Å². The Balaban J connectivity index is 1.78. The summed E-state index contributed by atoms with van der Waals surface area (Å²) in [6.45, 7) is 3.48. The lowest BCUT2D eigenvalue weighted by Gasteiger charge is -2.31. The van der Waals surface area contributed by atoms with Gasteiger partial charge in [-0.2, -0.15) is 0 Å². The van der Waals surface area contributed by atoms with E-state index in [4.69, 9.17) is 0 Å². The van der Waals surface area contributed by atoms with Crippen molar-refractivity contribution in [1.82, 2.24) is 4.90 Å². The molecule has 0 aliphatic carbocycles. The third kappa shape index (κ3) is 2.60. The summed E-state index contributed by atoms with van der Waals surface area (Å²) in [4.78, 5) is 13.0. The van der Waals surface area contributed by atoms with Crippen molar-refractivity contribution in [3.63, 3.8) is 0 Å². The van der Waals surface area contributed by atoms with Gasteiger partial charge in [0.25, 0.3) is 5.69 Å². The number of nitro benzene ring substituents is 1. The van der Waals surface area contributed by atoms with E-state index in [1.165, 1.54) is 19.0 Å². The monoisotopic (exact) mass is 325 g/mol. The molecule has 0 aromatic heterocycles. The Morgan fingerprint density at radius 2 is 2.16 bits per heavy atom. The summed E-state index contributed by atoms with van der Waals surface area (Å²) in [5.41, 5.74) is 0.967. The molecule has 2 saturated heterocycles. The van der Waals surface area contributed by atoms with E-state index >= 15 is 0 Å². The SMILES string of the molecule is O=[N+]([O-])c1ccc(Br)c(NC2CCN3CCC2C3)c1. The van der Waals surface area contributed by atoms with Crippen LogP contribution in [-0.4, -0.2) is 35.5 Å². The summed E-state index contributed by atoms with van der Waals surface area (Å²) in [7, 11) is 0. The van der Waals surface area contributed by atoms with Gasteiger partial charge in [-0.15, -0.1) is 0 Å². The molecule has 2 aliphatic heterocycles. The number of rotatable bonds is 3. The van der Waals surface area contributed by atoms with Gasteiger partial charge < -0.3 is 10.2 Å². The number of benzene rings is 1. The van der Waals surface area contributed by atoms with E-state index in [1.54, 1.807) is 12.1 Å². The van der Waals surface area contributed by atoms with E-state index in [9.17, 15) is 10.1 Å². The van der Waals surface area contributed by atoms with Crippen LogP contribution in [0.2, 0.25) is 0 Å². The highest BCUT2D eigenvalue weighted by Gasteiger charge is 2.34. The number of nitro groups is 1. The summed E-state index contributed by atoms with van der Waals surface area (Å²) < 4.78 is 0.888. The van der Waals surface area contributed by atoms with Gasteiger partial charge in [0.05, 0.1) is 10.6 Å². The molecule has 1 N–H and O–H groups in total. The number of nitrogens with one attached hydrogen (secondary N) is 1. The van der Waals surface area contributed by atoms with Gasteiger partial charge in [-0.3, -0.25) is 10.1 Å². The maximum absolute atomic E-state index is 10.8. The summed E-state index contributed by atoms with van der Waals surface area (Å²) in [6, 6.07) is 5.31. The standard InChI is InChI=1S/C13H16BrN3O2/c14-11-2-1-10(17(18)19)7-13(11)15-12-4-6-16-5-3-9(12)8-16/h1-2,7,9,12,15H,3-6,8H2. The first-order chi connectivity index (χ1) is 9.13. The number of nitrogens with zero attached hydrogens (tertiary/aromatic N) is 2. The van der Waals surface area contributed by atoms with Crippen LogP contribution in [0, 0.1) is 16.0 Å². The second kappa shape index (κ2) is 5.09. The minimum Gasteiger partial charge on any atom is -0.381 e. The zero-order valence-electron chi connectivity index (χ0n) is 10.5. The Morgan fingerprint density at radius 1 is 1.37 bits per heavy atom. The first kappa shape index (κ1) is 12.9. The lowest BCUT2D eigenvalue weighted by atomic mass is 9.94. The molecule has 3 unspecified atom stereocenters. The Kier molecular flexibility index (Phi) is 3.45. The molecule has 19 heavy (non-hydrogen) atoms. The van der Waals surface area contributed by atoms with Crippen molar-refractivity contribution in [2.75, 3.05) is 25.0 Å². The van der Waals surface area contributed by atoms with Gasteiger partial charge in [-0.25, -0.2) is 0 Å². The van der Waals surface area contributed by atoms with Crippen molar-refractivity contribution in [2.45, 2.75) is 18.9 Å². The van der Waals surface area contributed by atoms with Crippen LogP contribution >= 0.6 is 15.9 Å². The summed E-state index contributed by atoms with van der Waals surface area (Å²) >= 11 is 3.46. The molecule has 0 spiro atoms. The van der Waals surface area contributed by atoms with Gasteiger partial charge in [-0.05, 0) is 47.3 Å². The zero-order valence-corrected chi connectivity index (χ0v) is 12.1. The van der Waals surface area contributed by atoms with Crippen LogP contribution in [0.25, 0.3) is 0 Å². The third-order valence-electron chi connectivity index (χ3n) is 4.14. The quantitative estimate of drug-likeness (QED) is 0.685. The predicted molar refractivity (Wildman–Crippen MR) is 77.4 cm³/mol. The fourth-order valence-corrected chi connectivity index (χ4v) is 3.44. The Hall–Kier alpha value is -1.14. The van der Waals surface area contributed by atoms with E-state index in [2.05, 4.69) is 26.1 Å². The second-order valence-corrected chi connectivity index (χ2v) is 6.16. The van der Waals surface area contributed by atoms with Gasteiger partial charge in [0.2, 0.25) is 0 Å². The zero-order chi connectivity index (χ0) is 13.4. The van der Waals surface area contributed by atoms with Gasteiger partial charge in [0.1, 0.15) is 0 Å². The highest BCUT2D eigenvalue weighted by Crippen LogP contribution is 2.33. The molecule has 1 aromatic carbocycles. The average Bonchev–Trinajstić information content (AvgIpc) is 2.78. The van der Waals surface area contributed by atoms with Crippen LogP contribution < -0.4 is 5.32 Å². The number of halogens is 1. The van der Waals surface area contributed by atoms with Gasteiger partial charge >= 0.3 is 0 Å². The molecular formula is C13H16BrN3O2. The van der Waals surface area contributed by atoms with E-state index in [1.807, 2.05) is 0 Å². The molecule has 102 valence electrons. The van der Waals surface area contributed by atoms with Crippen LogP contribution in [0.5, 0.6) is 0 Å². The van der Waals surface area contributed by atoms with Crippen LogP contribution in [-0.2, 0) is 0 Å². The van der Waals surface area contributed by atoms with Crippen LogP contribution in [0.1, 0.15) is 12.8 Å². The van der Waals surface area contributed by atoms with Crippen molar-refractivity contribution >= 4 is 27.3 Å². The molecule has 2 aliphatic rings. The molecule has 5 nitrogen and oxygen atoms in total. The maximum Gasteiger partial charge on any atom is 0.271 e. The van der Waals surface area contributed by atoms with Gasteiger partial charge in [0.15, 0.2) is 0 Å². The topological polar surface area (TPSA) is 58.4 Å². The fourth-order valence-electron chi connectivity index (χ4n) is 3.08. The molecule has 2 heterocycles. The number of anilines is 1. The van der Waals surface area contributed by atoms with Crippen LogP contribution in [0.3, 0.4) is 0 Å². The average molecular weight is 326 g/mol. The highest BCUT2D eigenvalue weighted by molar-refractivity contribution is 9.10. The minimum absolute atomic E-state index is 0.134. The molecule has 3 atom stereocenters. The smallest absolute Gasteiger partial charge is 0.271 e. The number of fused-ring (bicyclic) bond motifs is 2. The second-order valence-electron chi connectivity index (χ2n) is 5.31. The molecule has 2 fully saturated rings. The van der Waals surface area contributed by atoms with Crippen LogP contribution in [0.4, 0.5) is 11.4 Å². The normalized spacial score (nSPS) is 29.2. The molecule has 0 amide bonds. The summed E-state index contributed by atoms with van der Waals surface area (Å²) in [5, 5.41) is 14.3.